The number of ether oxygens (including phenoxy) is 1. The number of rotatable bonds is 8. The smallest absolute Gasteiger partial charge is 0.247 e. The minimum absolute atomic E-state index is 0.109. The molecule has 0 unspecified atom stereocenters. The van der Waals surface area contributed by atoms with Crippen LogP contribution in [0.1, 0.15) is 29.2 Å². The van der Waals surface area contributed by atoms with E-state index in [2.05, 4.69) is 51.7 Å². The number of pyridine rings is 1. The van der Waals surface area contributed by atoms with E-state index >= 15 is 0 Å². The van der Waals surface area contributed by atoms with Crippen LogP contribution in [0, 0.1) is 12.3 Å². The van der Waals surface area contributed by atoms with Gasteiger partial charge in [0, 0.05) is 25.0 Å². The van der Waals surface area contributed by atoms with Gasteiger partial charge >= 0.3 is 0 Å². The van der Waals surface area contributed by atoms with E-state index in [9.17, 15) is 4.79 Å². The molecule has 3 aromatic rings. The molecule has 176 valence electrons. The summed E-state index contributed by atoms with van der Waals surface area (Å²) in [4.78, 5) is 20.1. The van der Waals surface area contributed by atoms with Crippen molar-refractivity contribution in [3.8, 4) is 0 Å². The Hall–Kier alpha value is -3.22. The van der Waals surface area contributed by atoms with E-state index in [1.165, 1.54) is 17.5 Å². The summed E-state index contributed by atoms with van der Waals surface area (Å²) in [5.41, 5.74) is 4.86. The number of aryl methyl sites for hydroxylation is 1. The minimum atomic E-state index is -0.454. The topological polar surface area (TPSA) is 66.5 Å². The molecule has 2 aromatic carbocycles. The van der Waals surface area contributed by atoms with Gasteiger partial charge in [0.25, 0.3) is 0 Å². The lowest BCUT2D eigenvalue weighted by molar-refractivity contribution is -0.118. The highest BCUT2D eigenvalue weighted by Gasteiger charge is 2.44. The SMILES string of the molecule is Cc1ccc(CCN[C@@H](C(=O)Nc2ccc(N3CCC4(COC4)C3)cn2)c2ccccc2)cc1. The largest absolute Gasteiger partial charge is 0.380 e. The predicted molar refractivity (Wildman–Crippen MR) is 135 cm³/mol. The summed E-state index contributed by atoms with van der Waals surface area (Å²) in [5.74, 6) is 0.456. The summed E-state index contributed by atoms with van der Waals surface area (Å²) < 4.78 is 5.43. The minimum Gasteiger partial charge on any atom is -0.380 e. The summed E-state index contributed by atoms with van der Waals surface area (Å²) in [7, 11) is 0. The molecule has 3 heterocycles. The Bertz CT molecular complexity index is 1100. The fourth-order valence-electron chi connectivity index (χ4n) is 4.75. The van der Waals surface area contributed by atoms with Crippen molar-refractivity contribution in [1.29, 1.82) is 0 Å². The second-order valence-corrected chi connectivity index (χ2v) is 9.59. The van der Waals surface area contributed by atoms with E-state index in [0.717, 1.165) is 44.0 Å². The maximum Gasteiger partial charge on any atom is 0.247 e. The first kappa shape index (κ1) is 22.6. The molecule has 2 fully saturated rings. The molecule has 2 aliphatic rings. The zero-order valence-electron chi connectivity index (χ0n) is 19.7. The Balaban J connectivity index is 1.21. The van der Waals surface area contributed by atoms with Gasteiger partial charge in [-0.05, 0) is 43.0 Å². The van der Waals surface area contributed by atoms with Crippen molar-refractivity contribution < 1.29 is 9.53 Å². The van der Waals surface area contributed by atoms with Crippen molar-refractivity contribution in [1.82, 2.24) is 10.3 Å². The fraction of sp³-hybridized carbons (Fsp3) is 0.357. The van der Waals surface area contributed by atoms with Crippen molar-refractivity contribution in [2.75, 3.05) is 43.1 Å². The van der Waals surface area contributed by atoms with Gasteiger partial charge in [-0.2, -0.15) is 0 Å². The van der Waals surface area contributed by atoms with E-state index in [1.54, 1.807) is 0 Å². The molecule has 6 heteroatoms. The van der Waals surface area contributed by atoms with Gasteiger partial charge in [0.05, 0.1) is 25.1 Å². The van der Waals surface area contributed by atoms with Gasteiger partial charge in [-0.25, -0.2) is 4.98 Å². The van der Waals surface area contributed by atoms with Crippen LogP contribution >= 0.6 is 0 Å². The van der Waals surface area contributed by atoms with Crippen molar-refractivity contribution in [3.05, 3.63) is 89.6 Å². The van der Waals surface area contributed by atoms with Crippen molar-refractivity contribution in [3.63, 3.8) is 0 Å². The Morgan fingerprint density at radius 2 is 1.88 bits per heavy atom. The monoisotopic (exact) mass is 456 g/mol. The molecule has 0 bridgehead atoms. The lowest BCUT2D eigenvalue weighted by Gasteiger charge is -2.37. The van der Waals surface area contributed by atoms with Crippen LogP contribution in [0.3, 0.4) is 0 Å². The Morgan fingerprint density at radius 3 is 2.53 bits per heavy atom. The van der Waals surface area contributed by atoms with Gasteiger partial charge in [-0.3, -0.25) is 4.79 Å². The van der Waals surface area contributed by atoms with Gasteiger partial charge in [0.2, 0.25) is 5.91 Å². The third-order valence-electron chi connectivity index (χ3n) is 6.90. The third-order valence-corrected chi connectivity index (χ3v) is 6.90. The van der Waals surface area contributed by atoms with E-state index in [1.807, 2.05) is 48.7 Å². The highest BCUT2D eigenvalue weighted by Crippen LogP contribution is 2.39. The molecule has 1 aromatic heterocycles. The number of nitrogens with zero attached hydrogens (tertiary/aromatic N) is 2. The number of carbonyl (C=O) groups excluding carboxylic acids is 1. The van der Waals surface area contributed by atoms with Crippen LogP contribution in [0.15, 0.2) is 72.9 Å². The van der Waals surface area contributed by atoms with E-state index in [-0.39, 0.29) is 5.91 Å². The first-order chi connectivity index (χ1) is 16.6. The molecule has 1 atom stereocenters. The summed E-state index contributed by atoms with van der Waals surface area (Å²) in [6.45, 7) is 6.55. The third kappa shape index (κ3) is 5.13. The quantitative estimate of drug-likeness (QED) is 0.534. The lowest BCUT2D eigenvalue weighted by Crippen LogP contribution is -2.44. The average Bonchev–Trinajstić information content (AvgIpc) is 3.31. The molecule has 6 nitrogen and oxygen atoms in total. The number of nitrogens with one attached hydrogen (secondary N) is 2. The number of hydrogen-bond acceptors (Lipinski definition) is 5. The number of amides is 1. The Kier molecular flexibility index (Phi) is 6.61. The fourth-order valence-corrected chi connectivity index (χ4v) is 4.75. The average molecular weight is 457 g/mol. The van der Waals surface area contributed by atoms with E-state index < -0.39 is 6.04 Å². The van der Waals surface area contributed by atoms with Gasteiger partial charge in [-0.15, -0.1) is 0 Å². The predicted octanol–water partition coefficient (Wildman–Crippen LogP) is 4.13. The first-order valence-corrected chi connectivity index (χ1v) is 12.0. The van der Waals surface area contributed by atoms with Crippen LogP contribution in [0.4, 0.5) is 11.5 Å². The zero-order chi connectivity index (χ0) is 23.4. The second-order valence-electron chi connectivity index (χ2n) is 9.59. The van der Waals surface area contributed by atoms with Crippen LogP contribution in [-0.2, 0) is 16.0 Å². The summed E-state index contributed by atoms with van der Waals surface area (Å²) >= 11 is 0. The highest BCUT2D eigenvalue weighted by atomic mass is 16.5. The number of benzene rings is 2. The first-order valence-electron chi connectivity index (χ1n) is 12.0. The molecule has 2 aliphatic heterocycles. The van der Waals surface area contributed by atoms with Gasteiger partial charge in [0.15, 0.2) is 0 Å². The standard InChI is InChI=1S/C28H32N4O2/c1-21-7-9-22(10-8-21)13-15-29-26(23-5-3-2-4-6-23)27(33)31-25-12-11-24(17-30-25)32-16-14-28(18-32)19-34-20-28/h2-12,17,26,29H,13-16,18-20H2,1H3,(H,30,31,33)/t26-/m1/s1. The maximum atomic E-state index is 13.2. The molecular formula is C28H32N4O2. The number of anilines is 2. The number of carbonyl (C=O) groups is 1. The van der Waals surface area contributed by atoms with Gasteiger partial charge < -0.3 is 20.3 Å². The highest BCUT2D eigenvalue weighted by molar-refractivity contribution is 5.94. The molecule has 2 saturated heterocycles. The van der Waals surface area contributed by atoms with Crippen LogP contribution in [0.25, 0.3) is 0 Å². The van der Waals surface area contributed by atoms with Gasteiger partial charge in [0.1, 0.15) is 11.9 Å². The Morgan fingerprint density at radius 1 is 1.09 bits per heavy atom. The molecule has 2 N–H and O–H groups in total. The molecule has 0 aliphatic carbocycles. The van der Waals surface area contributed by atoms with Crippen molar-refractivity contribution >= 4 is 17.4 Å². The van der Waals surface area contributed by atoms with E-state index in [0.29, 0.717) is 17.8 Å². The normalized spacial score (nSPS) is 17.4. The lowest BCUT2D eigenvalue weighted by atomic mass is 9.85. The van der Waals surface area contributed by atoms with Crippen LogP contribution < -0.4 is 15.5 Å². The molecule has 0 radical (unpaired) electrons. The van der Waals surface area contributed by atoms with Crippen LogP contribution in [0.2, 0.25) is 0 Å². The Labute approximate surface area is 201 Å². The second kappa shape index (κ2) is 9.95. The summed E-state index contributed by atoms with van der Waals surface area (Å²) in [6, 6.07) is 21.8. The van der Waals surface area contributed by atoms with Gasteiger partial charge in [-0.1, -0.05) is 60.2 Å². The molecule has 1 spiro atoms. The molecular weight excluding hydrogens is 424 g/mol. The van der Waals surface area contributed by atoms with Crippen LogP contribution in [0.5, 0.6) is 0 Å². The number of aromatic nitrogens is 1. The summed E-state index contributed by atoms with van der Waals surface area (Å²) in [5, 5.41) is 6.44. The summed E-state index contributed by atoms with van der Waals surface area (Å²) in [6.07, 6.45) is 3.88. The zero-order valence-corrected chi connectivity index (χ0v) is 19.7. The molecule has 5 rings (SSSR count). The molecule has 1 amide bonds. The number of hydrogen-bond donors (Lipinski definition) is 2. The molecule has 0 saturated carbocycles. The van der Waals surface area contributed by atoms with Crippen molar-refractivity contribution in [2.45, 2.75) is 25.8 Å². The van der Waals surface area contributed by atoms with E-state index in [4.69, 9.17) is 4.74 Å². The maximum absolute atomic E-state index is 13.2. The van der Waals surface area contributed by atoms with Crippen molar-refractivity contribution in [2.24, 2.45) is 5.41 Å². The molecule has 34 heavy (non-hydrogen) atoms. The van der Waals surface area contributed by atoms with Crippen LogP contribution in [-0.4, -0.2) is 43.7 Å².